The Kier molecular flexibility index (Phi) is 4.10. The van der Waals surface area contributed by atoms with Gasteiger partial charge in [-0.2, -0.15) is 0 Å². The van der Waals surface area contributed by atoms with E-state index in [0.29, 0.717) is 0 Å². The van der Waals surface area contributed by atoms with Gasteiger partial charge in [-0.3, -0.25) is 9.59 Å². The summed E-state index contributed by atoms with van der Waals surface area (Å²) in [5, 5.41) is 0. The van der Waals surface area contributed by atoms with Gasteiger partial charge in [0.15, 0.2) is 0 Å². The molecule has 0 aliphatic heterocycles. The van der Waals surface area contributed by atoms with Crippen molar-refractivity contribution in [2.45, 2.75) is 26.7 Å². The molecular formula is C12H18O4. The van der Waals surface area contributed by atoms with Crippen molar-refractivity contribution in [3.05, 3.63) is 11.1 Å². The fourth-order valence-corrected chi connectivity index (χ4v) is 2.41. The minimum atomic E-state index is -0.433. The summed E-state index contributed by atoms with van der Waals surface area (Å²) in [7, 11) is 2.68. The van der Waals surface area contributed by atoms with E-state index in [9.17, 15) is 9.59 Å². The topological polar surface area (TPSA) is 52.6 Å². The molecule has 1 aliphatic carbocycles. The predicted molar refractivity (Wildman–Crippen MR) is 58.6 cm³/mol. The van der Waals surface area contributed by atoms with Crippen LogP contribution >= 0.6 is 0 Å². The van der Waals surface area contributed by atoms with Gasteiger partial charge in [0.2, 0.25) is 0 Å². The Morgan fingerprint density at radius 2 is 1.25 bits per heavy atom. The maximum Gasteiger partial charge on any atom is 0.314 e. The van der Waals surface area contributed by atoms with E-state index >= 15 is 0 Å². The summed E-state index contributed by atoms with van der Waals surface area (Å²) in [6.45, 7) is 3.96. The molecule has 16 heavy (non-hydrogen) atoms. The van der Waals surface area contributed by atoms with Crippen LogP contribution in [0, 0.1) is 11.8 Å². The van der Waals surface area contributed by atoms with Gasteiger partial charge >= 0.3 is 11.9 Å². The second-order valence-corrected chi connectivity index (χ2v) is 3.76. The van der Waals surface area contributed by atoms with Crippen molar-refractivity contribution < 1.29 is 19.1 Å². The Hall–Kier alpha value is -1.32. The molecule has 4 nitrogen and oxygen atoms in total. The first-order valence-electron chi connectivity index (χ1n) is 5.49. The van der Waals surface area contributed by atoms with E-state index in [2.05, 4.69) is 0 Å². The van der Waals surface area contributed by atoms with Crippen LogP contribution in [0.25, 0.3) is 0 Å². The van der Waals surface area contributed by atoms with Crippen LogP contribution in [0.3, 0.4) is 0 Å². The number of rotatable bonds is 4. The van der Waals surface area contributed by atoms with E-state index < -0.39 is 11.8 Å². The fourth-order valence-electron chi connectivity index (χ4n) is 2.41. The van der Waals surface area contributed by atoms with Crippen LogP contribution in [0.15, 0.2) is 11.1 Å². The zero-order chi connectivity index (χ0) is 12.3. The first-order chi connectivity index (χ1) is 7.62. The Balaban J connectivity index is 3.02. The molecule has 0 aromatic carbocycles. The summed E-state index contributed by atoms with van der Waals surface area (Å²) in [6.07, 6.45) is 1.55. The summed E-state index contributed by atoms with van der Waals surface area (Å²) < 4.78 is 9.45. The Bertz CT molecular complexity index is 298. The summed E-state index contributed by atoms with van der Waals surface area (Å²) in [5.74, 6) is -1.55. The van der Waals surface area contributed by atoms with Gasteiger partial charge in [-0.25, -0.2) is 0 Å². The fraction of sp³-hybridized carbons (Fsp3) is 0.667. The molecule has 0 bridgehead atoms. The zero-order valence-corrected chi connectivity index (χ0v) is 10.2. The molecule has 90 valence electrons. The third-order valence-corrected chi connectivity index (χ3v) is 3.17. The largest absolute Gasteiger partial charge is 0.469 e. The number of esters is 2. The maximum atomic E-state index is 11.6. The molecule has 1 rings (SSSR count). The lowest BCUT2D eigenvalue weighted by Crippen LogP contribution is -2.42. The molecule has 2 atom stereocenters. The summed E-state index contributed by atoms with van der Waals surface area (Å²) in [6, 6.07) is 0. The normalized spacial score (nSPS) is 23.8. The van der Waals surface area contributed by atoms with Crippen LogP contribution in [-0.4, -0.2) is 26.2 Å². The Labute approximate surface area is 95.6 Å². The molecule has 4 heteroatoms. The number of carbonyl (C=O) groups is 2. The van der Waals surface area contributed by atoms with Gasteiger partial charge in [-0.05, 0) is 12.8 Å². The van der Waals surface area contributed by atoms with Crippen LogP contribution in [0.1, 0.15) is 26.7 Å². The molecule has 0 fully saturated rings. The van der Waals surface area contributed by atoms with Crippen molar-refractivity contribution in [3.8, 4) is 0 Å². The predicted octanol–water partition coefficient (Wildman–Crippen LogP) is 1.70. The molecule has 1 aliphatic rings. The average Bonchev–Trinajstić information content (AvgIpc) is 2.28. The second-order valence-electron chi connectivity index (χ2n) is 3.76. The number of hydrogen-bond donors (Lipinski definition) is 0. The van der Waals surface area contributed by atoms with Crippen LogP contribution in [0.4, 0.5) is 0 Å². The van der Waals surface area contributed by atoms with Crippen molar-refractivity contribution in [1.29, 1.82) is 0 Å². The lowest BCUT2D eigenvalue weighted by Gasteiger charge is -2.38. The first-order valence-corrected chi connectivity index (χ1v) is 5.49. The van der Waals surface area contributed by atoms with Crippen LogP contribution in [0.2, 0.25) is 0 Å². The minimum Gasteiger partial charge on any atom is -0.469 e. The van der Waals surface area contributed by atoms with E-state index in [-0.39, 0.29) is 11.9 Å². The quantitative estimate of drug-likeness (QED) is 0.540. The van der Waals surface area contributed by atoms with Crippen molar-refractivity contribution in [2.24, 2.45) is 11.8 Å². The highest BCUT2D eigenvalue weighted by Gasteiger charge is 2.48. The van der Waals surface area contributed by atoms with Crippen molar-refractivity contribution in [1.82, 2.24) is 0 Å². The summed E-state index contributed by atoms with van der Waals surface area (Å²) in [4.78, 5) is 23.2. The zero-order valence-electron chi connectivity index (χ0n) is 10.2. The van der Waals surface area contributed by atoms with Gasteiger partial charge in [-0.15, -0.1) is 0 Å². The van der Waals surface area contributed by atoms with Gasteiger partial charge in [0.05, 0.1) is 26.1 Å². The average molecular weight is 226 g/mol. The minimum absolute atomic E-state index is 0.343. The van der Waals surface area contributed by atoms with E-state index in [0.717, 1.165) is 24.0 Å². The standard InChI is InChI=1S/C12H18O4/c1-5-7-8(6-2)10(12(14)16-4)9(7)11(13)15-3/h9-10H,5-6H2,1-4H3/t9-,10+. The molecule has 0 radical (unpaired) electrons. The molecule has 0 saturated carbocycles. The smallest absolute Gasteiger partial charge is 0.314 e. The van der Waals surface area contributed by atoms with E-state index in [1.54, 1.807) is 0 Å². The summed E-state index contributed by atoms with van der Waals surface area (Å²) >= 11 is 0. The Morgan fingerprint density at radius 3 is 1.44 bits per heavy atom. The van der Waals surface area contributed by atoms with Crippen LogP contribution in [0.5, 0.6) is 0 Å². The van der Waals surface area contributed by atoms with Gasteiger partial charge in [0.1, 0.15) is 0 Å². The van der Waals surface area contributed by atoms with Gasteiger partial charge in [0, 0.05) is 0 Å². The van der Waals surface area contributed by atoms with Crippen LogP contribution in [-0.2, 0) is 19.1 Å². The van der Waals surface area contributed by atoms with Gasteiger partial charge < -0.3 is 9.47 Å². The monoisotopic (exact) mass is 226 g/mol. The highest BCUT2D eigenvalue weighted by Crippen LogP contribution is 2.45. The third-order valence-electron chi connectivity index (χ3n) is 3.17. The molecule has 0 saturated heterocycles. The molecule has 0 unspecified atom stereocenters. The number of hydrogen-bond acceptors (Lipinski definition) is 4. The van der Waals surface area contributed by atoms with Crippen molar-refractivity contribution in [2.75, 3.05) is 14.2 Å². The maximum absolute atomic E-state index is 11.6. The third kappa shape index (κ3) is 1.84. The van der Waals surface area contributed by atoms with E-state index in [1.807, 2.05) is 13.8 Å². The highest BCUT2D eigenvalue weighted by atomic mass is 16.5. The molecule has 0 aromatic rings. The molecule has 0 spiro atoms. The first kappa shape index (κ1) is 12.7. The molecule has 0 N–H and O–H groups in total. The van der Waals surface area contributed by atoms with Crippen molar-refractivity contribution in [3.63, 3.8) is 0 Å². The number of methoxy groups -OCH3 is 2. The van der Waals surface area contributed by atoms with Crippen molar-refractivity contribution >= 4 is 11.9 Å². The molecule has 0 aromatic heterocycles. The number of carbonyl (C=O) groups excluding carboxylic acids is 2. The number of ether oxygens (including phenoxy) is 2. The molecule has 0 heterocycles. The van der Waals surface area contributed by atoms with E-state index in [1.165, 1.54) is 14.2 Å². The van der Waals surface area contributed by atoms with Gasteiger partial charge in [0.25, 0.3) is 0 Å². The summed E-state index contributed by atoms with van der Waals surface area (Å²) in [5.41, 5.74) is 2.06. The lowest BCUT2D eigenvalue weighted by atomic mass is 9.66. The van der Waals surface area contributed by atoms with E-state index in [4.69, 9.17) is 9.47 Å². The second kappa shape index (κ2) is 5.14. The molecule has 0 amide bonds. The Morgan fingerprint density at radius 1 is 0.938 bits per heavy atom. The molecular weight excluding hydrogens is 208 g/mol. The lowest BCUT2D eigenvalue weighted by molar-refractivity contribution is -0.156. The van der Waals surface area contributed by atoms with Gasteiger partial charge in [-0.1, -0.05) is 25.0 Å². The van der Waals surface area contributed by atoms with Crippen LogP contribution < -0.4 is 0 Å². The SMILES string of the molecule is CCC1=C(CC)[C@H](C(=O)OC)[C@@H]1C(=O)OC. The highest BCUT2D eigenvalue weighted by molar-refractivity contribution is 5.90.